The number of hydrogen-bond donors (Lipinski definition) is 0. The van der Waals surface area contributed by atoms with Crippen molar-refractivity contribution in [2.75, 3.05) is 14.2 Å². The van der Waals surface area contributed by atoms with Crippen molar-refractivity contribution in [1.29, 1.82) is 0 Å². The molecule has 0 spiro atoms. The van der Waals surface area contributed by atoms with E-state index in [1.54, 1.807) is 14.2 Å². The lowest BCUT2D eigenvalue weighted by Crippen LogP contribution is -2.21. The highest BCUT2D eigenvalue weighted by atomic mass is 16.5. The molecule has 0 atom stereocenters. The van der Waals surface area contributed by atoms with Crippen LogP contribution in [0.25, 0.3) is 22.1 Å². The van der Waals surface area contributed by atoms with E-state index in [1.807, 2.05) is 0 Å². The summed E-state index contributed by atoms with van der Waals surface area (Å²) in [6.45, 7) is 25.5. The molecule has 2 aromatic carbocycles. The molecule has 0 saturated carbocycles. The lowest BCUT2D eigenvalue weighted by molar-refractivity contribution is 0.0137. The Hall–Kier alpha value is -3.22. The van der Waals surface area contributed by atoms with E-state index in [2.05, 4.69) is 128 Å². The molecule has 0 aliphatic rings. The largest absolute Gasteiger partial charge is 0.379 e. The van der Waals surface area contributed by atoms with Crippen molar-refractivity contribution in [3.63, 3.8) is 0 Å². The minimum atomic E-state index is -0.0218. The highest BCUT2D eigenvalue weighted by Crippen LogP contribution is 2.25. The highest BCUT2D eigenvalue weighted by Gasteiger charge is 2.16. The van der Waals surface area contributed by atoms with Crippen molar-refractivity contribution in [1.82, 2.24) is 19.1 Å². The standard InChI is InChI=1S/C21H32N2O.C20H30N2O/c1-15(9-8-13-21(5,6)24-7)12-14-23-18(4)22-19-11-10-16(2)17(3)20(19)23;1-15(9-8-13-20(4,5)23-6)12-14-22-17(3)21-19-16(2)10-7-11-18(19)22/h10-12H,8-9,13-14H2,1-7H3;7,10-12H,8-9,13-14H2,1-6H3/b2*15-12+. The molecule has 6 nitrogen and oxygen atoms in total. The zero-order valence-electron chi connectivity index (χ0n) is 31.8. The van der Waals surface area contributed by atoms with Crippen molar-refractivity contribution < 1.29 is 9.47 Å². The number of ether oxygens (including phenoxy) is 2. The monoisotopic (exact) mass is 642 g/mol. The molecule has 0 bridgehead atoms. The van der Waals surface area contributed by atoms with Gasteiger partial charge in [-0.15, -0.1) is 0 Å². The Morgan fingerprint density at radius 2 is 1.23 bits per heavy atom. The Bertz CT molecular complexity index is 1680. The SMILES string of the molecule is COC(C)(C)CCC/C(C)=C/Cn1c(C)nc2c(C)cccc21.COC(C)(C)CCC/C(C)=C/Cn1c(C)nc2ccc(C)c(C)c21. The van der Waals surface area contributed by atoms with Gasteiger partial charge in [-0.3, -0.25) is 0 Å². The molecule has 2 heterocycles. The van der Waals surface area contributed by atoms with Crippen LogP contribution >= 0.6 is 0 Å². The van der Waals surface area contributed by atoms with Gasteiger partial charge in [0.05, 0.1) is 33.3 Å². The van der Waals surface area contributed by atoms with Crippen molar-refractivity contribution in [3.05, 3.63) is 82.0 Å². The molecule has 0 aliphatic carbocycles. The molecule has 258 valence electrons. The van der Waals surface area contributed by atoms with E-state index in [-0.39, 0.29) is 11.2 Å². The number of benzene rings is 2. The molecule has 0 saturated heterocycles. The number of fused-ring (bicyclic) bond motifs is 2. The third-order valence-corrected chi connectivity index (χ3v) is 9.84. The lowest BCUT2D eigenvalue weighted by Gasteiger charge is -2.22. The minimum absolute atomic E-state index is 0.0189. The summed E-state index contributed by atoms with van der Waals surface area (Å²) in [7, 11) is 3.58. The second kappa shape index (κ2) is 16.7. The number of hydrogen-bond acceptors (Lipinski definition) is 4. The first-order chi connectivity index (χ1) is 22.1. The molecule has 0 fully saturated rings. The maximum atomic E-state index is 5.49. The van der Waals surface area contributed by atoms with E-state index >= 15 is 0 Å². The predicted molar refractivity (Wildman–Crippen MR) is 201 cm³/mol. The molecule has 0 unspecified atom stereocenters. The molecule has 47 heavy (non-hydrogen) atoms. The molecule has 4 aromatic rings. The number of aromatic nitrogens is 4. The Kier molecular flexibility index (Phi) is 13.6. The summed E-state index contributed by atoms with van der Waals surface area (Å²) in [5.74, 6) is 2.17. The molecule has 0 radical (unpaired) electrons. The van der Waals surface area contributed by atoms with Gasteiger partial charge in [0.25, 0.3) is 0 Å². The van der Waals surface area contributed by atoms with Gasteiger partial charge < -0.3 is 18.6 Å². The smallest absolute Gasteiger partial charge is 0.107 e. The average molecular weight is 643 g/mol. The van der Waals surface area contributed by atoms with Crippen molar-refractivity contribution in [2.45, 2.75) is 139 Å². The van der Waals surface area contributed by atoms with Crippen molar-refractivity contribution in [3.8, 4) is 0 Å². The maximum Gasteiger partial charge on any atom is 0.107 e. The zero-order valence-corrected chi connectivity index (χ0v) is 31.8. The fraction of sp³-hybridized carbons (Fsp3) is 0.561. The van der Waals surface area contributed by atoms with Crippen LogP contribution in [0.1, 0.15) is 108 Å². The van der Waals surface area contributed by atoms with Gasteiger partial charge in [0, 0.05) is 27.3 Å². The first-order valence-corrected chi connectivity index (χ1v) is 17.4. The summed E-state index contributed by atoms with van der Waals surface area (Å²) >= 11 is 0. The zero-order chi connectivity index (χ0) is 34.9. The molecular weight excluding hydrogens is 580 g/mol. The van der Waals surface area contributed by atoms with Crippen LogP contribution in [0.3, 0.4) is 0 Å². The van der Waals surface area contributed by atoms with Crippen LogP contribution in [-0.4, -0.2) is 44.5 Å². The second-order valence-electron chi connectivity index (χ2n) is 14.6. The molecule has 0 aliphatic heterocycles. The maximum absolute atomic E-state index is 5.49. The Balaban J connectivity index is 0.000000256. The van der Waals surface area contributed by atoms with Crippen LogP contribution in [0.15, 0.2) is 53.6 Å². The number of para-hydroxylation sites is 1. The topological polar surface area (TPSA) is 54.1 Å². The van der Waals surface area contributed by atoms with Crippen LogP contribution in [-0.2, 0) is 22.6 Å². The van der Waals surface area contributed by atoms with Crippen molar-refractivity contribution >= 4 is 22.1 Å². The highest BCUT2D eigenvalue weighted by molar-refractivity contribution is 5.81. The molecule has 0 N–H and O–H groups in total. The normalized spacial score (nSPS) is 13.0. The summed E-state index contributed by atoms with van der Waals surface area (Å²) in [6, 6.07) is 10.7. The average Bonchev–Trinajstić information content (AvgIpc) is 3.52. The molecular formula is C41H62N4O2. The molecule has 4 rings (SSSR count). The predicted octanol–water partition coefficient (Wildman–Crippen LogP) is 10.7. The number of nitrogens with zero attached hydrogens (tertiary/aromatic N) is 4. The van der Waals surface area contributed by atoms with Crippen LogP contribution in [0.2, 0.25) is 0 Å². The lowest BCUT2D eigenvalue weighted by atomic mass is 9.99. The first kappa shape index (κ1) is 38.2. The number of methoxy groups -OCH3 is 2. The van der Waals surface area contributed by atoms with Crippen LogP contribution in [0.5, 0.6) is 0 Å². The molecule has 0 amide bonds. The molecule has 2 aromatic heterocycles. The van der Waals surface area contributed by atoms with E-state index in [0.717, 1.165) is 74.3 Å². The van der Waals surface area contributed by atoms with Gasteiger partial charge in [-0.25, -0.2) is 9.97 Å². The quantitative estimate of drug-likeness (QED) is 0.128. The summed E-state index contributed by atoms with van der Waals surface area (Å²) in [5.41, 5.74) is 11.5. The van der Waals surface area contributed by atoms with Crippen LogP contribution < -0.4 is 0 Å². The van der Waals surface area contributed by atoms with E-state index in [4.69, 9.17) is 19.4 Å². The van der Waals surface area contributed by atoms with Crippen LogP contribution in [0, 0.1) is 34.6 Å². The summed E-state index contributed by atoms with van der Waals surface area (Å²) in [6.07, 6.45) is 11.4. The van der Waals surface area contributed by atoms with Gasteiger partial charge in [-0.1, -0.05) is 41.5 Å². The van der Waals surface area contributed by atoms with Gasteiger partial charge in [0.2, 0.25) is 0 Å². The third kappa shape index (κ3) is 10.6. The minimum Gasteiger partial charge on any atom is -0.379 e. The Morgan fingerprint density at radius 3 is 1.79 bits per heavy atom. The van der Waals surface area contributed by atoms with Gasteiger partial charge in [-0.05, 0) is 144 Å². The number of rotatable bonds is 14. The number of allylic oxidation sites excluding steroid dienone is 4. The van der Waals surface area contributed by atoms with Gasteiger partial charge in [0.1, 0.15) is 11.6 Å². The summed E-state index contributed by atoms with van der Waals surface area (Å²) < 4.78 is 15.6. The molecule has 6 heteroatoms. The summed E-state index contributed by atoms with van der Waals surface area (Å²) in [4.78, 5) is 9.43. The number of imidazole rings is 2. The van der Waals surface area contributed by atoms with Gasteiger partial charge in [0.15, 0.2) is 0 Å². The Labute approximate surface area is 285 Å². The van der Waals surface area contributed by atoms with Crippen molar-refractivity contribution in [2.24, 2.45) is 0 Å². The van der Waals surface area contributed by atoms with E-state index < -0.39 is 0 Å². The second-order valence-corrected chi connectivity index (χ2v) is 14.6. The Morgan fingerprint density at radius 1 is 0.702 bits per heavy atom. The van der Waals surface area contributed by atoms with E-state index in [9.17, 15) is 0 Å². The van der Waals surface area contributed by atoms with E-state index in [1.165, 1.54) is 38.9 Å². The summed E-state index contributed by atoms with van der Waals surface area (Å²) in [5, 5.41) is 0. The van der Waals surface area contributed by atoms with Crippen LogP contribution in [0.4, 0.5) is 0 Å². The fourth-order valence-corrected chi connectivity index (χ4v) is 5.96. The fourth-order valence-electron chi connectivity index (χ4n) is 5.96. The van der Waals surface area contributed by atoms with Gasteiger partial charge in [-0.2, -0.15) is 0 Å². The van der Waals surface area contributed by atoms with Gasteiger partial charge >= 0.3 is 0 Å². The number of aryl methyl sites for hydroxylation is 5. The first-order valence-electron chi connectivity index (χ1n) is 17.4. The third-order valence-electron chi connectivity index (χ3n) is 9.84. The van der Waals surface area contributed by atoms with E-state index in [0.29, 0.717) is 0 Å².